The first kappa shape index (κ1) is 17.1. The first-order valence-corrected chi connectivity index (χ1v) is 7.73. The maximum atomic E-state index is 14.1. The molecule has 0 radical (unpaired) electrons. The van der Waals surface area contributed by atoms with E-state index >= 15 is 0 Å². The number of unbranched alkanes of at least 4 members (excludes halogenated alkanes) is 2. The predicted molar refractivity (Wildman–Crippen MR) is 84.3 cm³/mol. The molecule has 2 nitrogen and oxygen atoms in total. The van der Waals surface area contributed by atoms with Crippen molar-refractivity contribution in [2.45, 2.75) is 59.0 Å². The minimum absolute atomic E-state index is 0.0354. The van der Waals surface area contributed by atoms with Gasteiger partial charge in [0.2, 0.25) is 0 Å². The molecule has 1 aromatic rings. The number of rotatable bonds is 8. The monoisotopic (exact) mass is 280 g/mol. The number of nitrogens with two attached hydrogens (primary N) is 1. The topological polar surface area (TPSA) is 29.3 Å². The third-order valence-corrected chi connectivity index (χ3v) is 3.82. The summed E-state index contributed by atoms with van der Waals surface area (Å²) >= 11 is 0. The van der Waals surface area contributed by atoms with Crippen molar-refractivity contribution in [1.82, 2.24) is 4.90 Å². The van der Waals surface area contributed by atoms with Crippen LogP contribution >= 0.6 is 0 Å². The standard InChI is InChI=1S/C17H29FN2/c1-5-6-7-10-20(13(2)3)17(12-19)15-11-14(4)8-9-16(15)18/h8-9,11,13,17H,5-7,10,12,19H2,1-4H3. The third-order valence-electron chi connectivity index (χ3n) is 3.82. The Morgan fingerprint density at radius 2 is 1.95 bits per heavy atom. The second-order valence-corrected chi connectivity index (χ2v) is 5.82. The van der Waals surface area contributed by atoms with Gasteiger partial charge in [-0.15, -0.1) is 0 Å². The van der Waals surface area contributed by atoms with Crippen molar-refractivity contribution in [3.8, 4) is 0 Å². The maximum absolute atomic E-state index is 14.1. The van der Waals surface area contributed by atoms with Crippen molar-refractivity contribution >= 4 is 0 Å². The van der Waals surface area contributed by atoms with Gasteiger partial charge in [0.05, 0.1) is 6.04 Å². The average Bonchev–Trinajstić information content (AvgIpc) is 2.41. The van der Waals surface area contributed by atoms with Crippen LogP contribution < -0.4 is 5.73 Å². The Labute approximate surface area is 123 Å². The minimum Gasteiger partial charge on any atom is -0.329 e. The number of hydrogen-bond acceptors (Lipinski definition) is 2. The van der Waals surface area contributed by atoms with Crippen LogP contribution in [0.1, 0.15) is 57.2 Å². The molecule has 20 heavy (non-hydrogen) atoms. The minimum atomic E-state index is -0.146. The fourth-order valence-electron chi connectivity index (χ4n) is 2.68. The van der Waals surface area contributed by atoms with Gasteiger partial charge >= 0.3 is 0 Å². The Morgan fingerprint density at radius 3 is 2.50 bits per heavy atom. The average molecular weight is 280 g/mol. The van der Waals surface area contributed by atoms with Gasteiger partial charge in [0.1, 0.15) is 5.82 Å². The summed E-state index contributed by atoms with van der Waals surface area (Å²) in [6, 6.07) is 5.62. The lowest BCUT2D eigenvalue weighted by Crippen LogP contribution is -2.39. The van der Waals surface area contributed by atoms with E-state index in [4.69, 9.17) is 5.73 Å². The van der Waals surface area contributed by atoms with Crippen LogP contribution in [0.5, 0.6) is 0 Å². The van der Waals surface area contributed by atoms with E-state index in [0.29, 0.717) is 12.6 Å². The number of nitrogens with zero attached hydrogens (tertiary/aromatic N) is 1. The molecule has 1 atom stereocenters. The van der Waals surface area contributed by atoms with Gasteiger partial charge < -0.3 is 5.73 Å². The molecule has 0 aromatic heterocycles. The summed E-state index contributed by atoms with van der Waals surface area (Å²) in [6.07, 6.45) is 3.54. The summed E-state index contributed by atoms with van der Waals surface area (Å²) in [5, 5.41) is 0. The van der Waals surface area contributed by atoms with Gasteiger partial charge in [0.15, 0.2) is 0 Å². The lowest BCUT2D eigenvalue weighted by Gasteiger charge is -2.35. The van der Waals surface area contributed by atoms with E-state index in [2.05, 4.69) is 25.7 Å². The quantitative estimate of drug-likeness (QED) is 0.728. The van der Waals surface area contributed by atoms with Crippen LogP contribution in [0.3, 0.4) is 0 Å². The molecule has 0 heterocycles. The highest BCUT2D eigenvalue weighted by Gasteiger charge is 2.23. The van der Waals surface area contributed by atoms with Crippen LogP contribution in [0.4, 0.5) is 4.39 Å². The summed E-state index contributed by atoms with van der Waals surface area (Å²) in [5.41, 5.74) is 7.77. The lowest BCUT2D eigenvalue weighted by atomic mass is 10.0. The normalized spacial score (nSPS) is 13.2. The Kier molecular flexibility index (Phi) is 7.17. The van der Waals surface area contributed by atoms with Crippen LogP contribution in [0.2, 0.25) is 0 Å². The molecule has 0 aliphatic carbocycles. The van der Waals surface area contributed by atoms with Crippen LogP contribution in [0, 0.1) is 12.7 Å². The highest BCUT2D eigenvalue weighted by atomic mass is 19.1. The molecule has 0 amide bonds. The maximum Gasteiger partial charge on any atom is 0.128 e. The van der Waals surface area contributed by atoms with Gasteiger partial charge in [-0.3, -0.25) is 4.90 Å². The third kappa shape index (κ3) is 4.57. The fraction of sp³-hybridized carbons (Fsp3) is 0.647. The zero-order valence-electron chi connectivity index (χ0n) is 13.3. The molecular formula is C17H29FN2. The van der Waals surface area contributed by atoms with E-state index in [-0.39, 0.29) is 11.9 Å². The first-order chi connectivity index (χ1) is 9.51. The largest absolute Gasteiger partial charge is 0.329 e. The van der Waals surface area contributed by atoms with E-state index in [1.165, 1.54) is 12.8 Å². The molecule has 0 bridgehead atoms. The van der Waals surface area contributed by atoms with Crippen molar-refractivity contribution in [1.29, 1.82) is 0 Å². The molecule has 0 aliphatic heterocycles. The van der Waals surface area contributed by atoms with Crippen molar-refractivity contribution in [3.05, 3.63) is 35.1 Å². The van der Waals surface area contributed by atoms with E-state index in [9.17, 15) is 4.39 Å². The summed E-state index contributed by atoms with van der Waals surface area (Å²) in [4.78, 5) is 2.33. The van der Waals surface area contributed by atoms with E-state index in [1.807, 2.05) is 19.1 Å². The summed E-state index contributed by atoms with van der Waals surface area (Å²) in [6.45, 7) is 9.92. The van der Waals surface area contributed by atoms with Crippen LogP contribution in [-0.4, -0.2) is 24.0 Å². The molecular weight excluding hydrogens is 251 g/mol. The molecule has 1 unspecified atom stereocenters. The summed E-state index contributed by atoms with van der Waals surface area (Å²) < 4.78 is 14.1. The van der Waals surface area contributed by atoms with E-state index < -0.39 is 0 Å². The Bertz CT molecular complexity index is 404. The van der Waals surface area contributed by atoms with Gasteiger partial charge in [-0.2, -0.15) is 0 Å². The van der Waals surface area contributed by atoms with Crippen molar-refractivity contribution < 1.29 is 4.39 Å². The van der Waals surface area contributed by atoms with Crippen LogP contribution in [0.25, 0.3) is 0 Å². The van der Waals surface area contributed by atoms with Crippen LogP contribution in [0.15, 0.2) is 18.2 Å². The Balaban J connectivity index is 2.97. The smallest absolute Gasteiger partial charge is 0.128 e. The molecule has 0 spiro atoms. The summed E-state index contributed by atoms with van der Waals surface area (Å²) in [7, 11) is 0. The number of aryl methyl sites for hydroxylation is 1. The SMILES string of the molecule is CCCCCN(C(C)C)C(CN)c1cc(C)ccc1F. The van der Waals surface area contributed by atoms with Crippen molar-refractivity contribution in [2.75, 3.05) is 13.1 Å². The van der Waals surface area contributed by atoms with Gasteiger partial charge in [0, 0.05) is 18.2 Å². The van der Waals surface area contributed by atoms with Gasteiger partial charge in [-0.1, -0.05) is 37.5 Å². The van der Waals surface area contributed by atoms with Crippen LogP contribution in [-0.2, 0) is 0 Å². The number of benzene rings is 1. The van der Waals surface area contributed by atoms with Gasteiger partial charge in [-0.25, -0.2) is 4.39 Å². The predicted octanol–water partition coefficient (Wildman–Crippen LogP) is 4.03. The fourth-order valence-corrected chi connectivity index (χ4v) is 2.68. The van der Waals surface area contributed by atoms with Gasteiger partial charge in [-0.05, 0) is 39.8 Å². The lowest BCUT2D eigenvalue weighted by molar-refractivity contribution is 0.151. The first-order valence-electron chi connectivity index (χ1n) is 7.73. The molecule has 0 saturated heterocycles. The molecule has 114 valence electrons. The molecule has 2 N–H and O–H groups in total. The van der Waals surface area contributed by atoms with E-state index in [0.717, 1.165) is 24.1 Å². The molecule has 0 fully saturated rings. The molecule has 1 rings (SSSR count). The van der Waals surface area contributed by atoms with E-state index in [1.54, 1.807) is 6.07 Å². The molecule has 0 saturated carbocycles. The number of hydrogen-bond donors (Lipinski definition) is 1. The molecule has 1 aromatic carbocycles. The number of halogens is 1. The van der Waals surface area contributed by atoms with Gasteiger partial charge in [0.25, 0.3) is 0 Å². The zero-order chi connectivity index (χ0) is 15.1. The zero-order valence-corrected chi connectivity index (χ0v) is 13.3. The second-order valence-electron chi connectivity index (χ2n) is 5.82. The van der Waals surface area contributed by atoms with Crippen molar-refractivity contribution in [3.63, 3.8) is 0 Å². The Hall–Kier alpha value is -0.930. The van der Waals surface area contributed by atoms with Crippen molar-refractivity contribution in [2.24, 2.45) is 5.73 Å². The highest BCUT2D eigenvalue weighted by molar-refractivity contribution is 5.27. The molecule has 3 heteroatoms. The molecule has 0 aliphatic rings. The Morgan fingerprint density at radius 1 is 1.25 bits per heavy atom. The summed E-state index contributed by atoms with van der Waals surface area (Å²) in [5.74, 6) is -0.146. The second kappa shape index (κ2) is 8.38. The highest BCUT2D eigenvalue weighted by Crippen LogP contribution is 2.26.